The lowest BCUT2D eigenvalue weighted by atomic mass is 10.1. The highest BCUT2D eigenvalue weighted by atomic mass is 16.6. The van der Waals surface area contributed by atoms with Crippen molar-refractivity contribution in [3.63, 3.8) is 0 Å². The second-order valence-electron chi connectivity index (χ2n) is 7.34. The third-order valence-corrected chi connectivity index (χ3v) is 3.98. The predicted octanol–water partition coefficient (Wildman–Crippen LogP) is 3.40. The summed E-state index contributed by atoms with van der Waals surface area (Å²) in [6, 6.07) is 8.57. The molecule has 1 aromatic carbocycles. The molecule has 1 aliphatic heterocycles. The molecule has 0 aliphatic carbocycles. The van der Waals surface area contributed by atoms with Crippen LogP contribution in [-0.4, -0.2) is 61.4 Å². The molecule has 1 saturated heterocycles. The Morgan fingerprint density at radius 3 is 2.32 bits per heavy atom. The van der Waals surface area contributed by atoms with E-state index in [1.54, 1.807) is 12.0 Å². The molecule has 0 bridgehead atoms. The van der Waals surface area contributed by atoms with Crippen LogP contribution in [0.2, 0.25) is 0 Å². The van der Waals surface area contributed by atoms with Crippen molar-refractivity contribution in [2.45, 2.75) is 32.9 Å². The molecule has 0 unspecified atom stereocenters. The van der Waals surface area contributed by atoms with Crippen LogP contribution < -0.4 is 0 Å². The monoisotopic (exact) mass is 346 g/mol. The number of carbonyl (C=O) groups excluding carboxylic acids is 1. The molecule has 25 heavy (non-hydrogen) atoms. The van der Waals surface area contributed by atoms with Crippen molar-refractivity contribution in [3.05, 3.63) is 41.5 Å². The van der Waals surface area contributed by atoms with Crippen LogP contribution in [0.4, 0.5) is 4.79 Å². The Morgan fingerprint density at radius 1 is 1.12 bits per heavy atom. The van der Waals surface area contributed by atoms with E-state index in [0.717, 1.165) is 19.6 Å². The van der Waals surface area contributed by atoms with Gasteiger partial charge in [0.05, 0.1) is 6.61 Å². The van der Waals surface area contributed by atoms with Gasteiger partial charge in [0.25, 0.3) is 0 Å². The van der Waals surface area contributed by atoms with Crippen LogP contribution in [0.5, 0.6) is 0 Å². The molecule has 1 amide bonds. The first-order valence-electron chi connectivity index (χ1n) is 8.82. The highest BCUT2D eigenvalue weighted by Gasteiger charge is 2.25. The number of methoxy groups -OCH3 is 1. The fourth-order valence-corrected chi connectivity index (χ4v) is 2.69. The highest BCUT2D eigenvalue weighted by Crippen LogP contribution is 2.14. The molecule has 0 N–H and O–H groups in total. The lowest BCUT2D eigenvalue weighted by Gasteiger charge is -2.35. The molecular weight excluding hydrogens is 316 g/mol. The number of hydrogen-bond acceptors (Lipinski definition) is 4. The molecule has 0 atom stereocenters. The zero-order valence-electron chi connectivity index (χ0n) is 15.8. The summed E-state index contributed by atoms with van der Waals surface area (Å²) in [5, 5.41) is 0. The third kappa shape index (κ3) is 6.88. The Balaban J connectivity index is 1.79. The summed E-state index contributed by atoms with van der Waals surface area (Å²) in [7, 11) is 1.69. The van der Waals surface area contributed by atoms with Gasteiger partial charge in [-0.05, 0) is 31.9 Å². The summed E-state index contributed by atoms with van der Waals surface area (Å²) < 4.78 is 10.4. The van der Waals surface area contributed by atoms with E-state index >= 15 is 0 Å². The molecule has 1 aliphatic rings. The molecule has 0 aromatic heterocycles. The second kappa shape index (κ2) is 9.02. The van der Waals surface area contributed by atoms with Gasteiger partial charge < -0.3 is 14.4 Å². The van der Waals surface area contributed by atoms with E-state index in [1.165, 1.54) is 11.1 Å². The van der Waals surface area contributed by atoms with Crippen LogP contribution in [0.3, 0.4) is 0 Å². The van der Waals surface area contributed by atoms with Gasteiger partial charge in [0.1, 0.15) is 5.60 Å². The van der Waals surface area contributed by atoms with Gasteiger partial charge in [-0.3, -0.25) is 4.90 Å². The largest absolute Gasteiger partial charge is 0.444 e. The number of amides is 1. The Hall–Kier alpha value is -1.85. The highest BCUT2D eigenvalue weighted by molar-refractivity contribution is 5.68. The van der Waals surface area contributed by atoms with E-state index in [-0.39, 0.29) is 6.09 Å². The Morgan fingerprint density at radius 2 is 1.76 bits per heavy atom. The zero-order chi connectivity index (χ0) is 18.3. The average molecular weight is 346 g/mol. The summed E-state index contributed by atoms with van der Waals surface area (Å²) >= 11 is 0. The summed E-state index contributed by atoms with van der Waals surface area (Å²) in [5.41, 5.74) is 2.03. The Kier molecular flexibility index (Phi) is 7.02. The minimum Gasteiger partial charge on any atom is -0.444 e. The van der Waals surface area contributed by atoms with Gasteiger partial charge in [0.15, 0.2) is 0 Å². The van der Waals surface area contributed by atoms with Crippen molar-refractivity contribution in [1.82, 2.24) is 9.80 Å². The minimum absolute atomic E-state index is 0.209. The smallest absolute Gasteiger partial charge is 0.410 e. The van der Waals surface area contributed by atoms with Gasteiger partial charge in [-0.2, -0.15) is 0 Å². The number of benzene rings is 1. The van der Waals surface area contributed by atoms with Crippen molar-refractivity contribution in [2.24, 2.45) is 0 Å². The maximum atomic E-state index is 12.1. The van der Waals surface area contributed by atoms with Crippen molar-refractivity contribution in [2.75, 3.05) is 39.9 Å². The first-order valence-corrected chi connectivity index (χ1v) is 8.82. The molecule has 1 aromatic rings. The minimum atomic E-state index is -0.437. The lowest BCUT2D eigenvalue weighted by Crippen LogP contribution is -2.49. The quantitative estimate of drug-likeness (QED) is 0.819. The number of carbonyl (C=O) groups is 1. The van der Waals surface area contributed by atoms with E-state index in [1.807, 2.05) is 26.8 Å². The summed E-state index contributed by atoms with van der Waals surface area (Å²) in [4.78, 5) is 16.3. The summed E-state index contributed by atoms with van der Waals surface area (Å²) in [5.74, 6) is 0. The normalized spacial score (nSPS) is 16.4. The molecule has 1 fully saturated rings. The third-order valence-electron chi connectivity index (χ3n) is 3.98. The lowest BCUT2D eigenvalue weighted by molar-refractivity contribution is 0.0139. The maximum Gasteiger partial charge on any atom is 0.410 e. The average Bonchev–Trinajstić information content (AvgIpc) is 2.56. The molecule has 0 radical (unpaired) electrons. The van der Waals surface area contributed by atoms with E-state index in [4.69, 9.17) is 9.47 Å². The van der Waals surface area contributed by atoms with Gasteiger partial charge in [-0.1, -0.05) is 36.4 Å². The SMILES string of the molecule is COCC=Cc1ccc(CN2CCN(C(=O)OC(C)(C)C)CC2)cc1. The van der Waals surface area contributed by atoms with E-state index in [9.17, 15) is 4.79 Å². The van der Waals surface area contributed by atoms with Crippen LogP contribution in [0.1, 0.15) is 31.9 Å². The van der Waals surface area contributed by atoms with Crippen LogP contribution in [0, 0.1) is 0 Å². The van der Waals surface area contributed by atoms with Gasteiger partial charge in [-0.15, -0.1) is 0 Å². The molecular formula is C20H30N2O3. The number of nitrogens with zero attached hydrogens (tertiary/aromatic N) is 2. The van der Waals surface area contributed by atoms with Crippen LogP contribution in [-0.2, 0) is 16.0 Å². The number of piperazine rings is 1. The van der Waals surface area contributed by atoms with Crippen molar-refractivity contribution < 1.29 is 14.3 Å². The number of rotatable bonds is 5. The topological polar surface area (TPSA) is 42.0 Å². The number of ether oxygens (including phenoxy) is 2. The van der Waals surface area contributed by atoms with E-state index < -0.39 is 5.60 Å². The molecule has 0 saturated carbocycles. The Labute approximate surface area is 151 Å². The van der Waals surface area contributed by atoms with Crippen molar-refractivity contribution >= 4 is 12.2 Å². The second-order valence-corrected chi connectivity index (χ2v) is 7.34. The molecule has 0 spiro atoms. The molecule has 5 nitrogen and oxygen atoms in total. The van der Waals surface area contributed by atoms with Gasteiger partial charge >= 0.3 is 6.09 Å². The predicted molar refractivity (Wildman–Crippen MR) is 100 cm³/mol. The Bertz CT molecular complexity index is 568. The van der Waals surface area contributed by atoms with Crippen LogP contribution >= 0.6 is 0 Å². The van der Waals surface area contributed by atoms with Gasteiger partial charge in [-0.25, -0.2) is 4.79 Å². The van der Waals surface area contributed by atoms with Crippen molar-refractivity contribution in [1.29, 1.82) is 0 Å². The molecule has 138 valence electrons. The standard InChI is InChI=1S/C20H30N2O3/c1-20(2,3)25-19(23)22-13-11-21(12-14-22)16-18-9-7-17(8-10-18)6-5-15-24-4/h5-10H,11-16H2,1-4H3. The molecule has 2 rings (SSSR count). The van der Waals surface area contributed by atoms with Crippen LogP contribution in [0.25, 0.3) is 6.08 Å². The number of hydrogen-bond donors (Lipinski definition) is 0. The fraction of sp³-hybridized carbons (Fsp3) is 0.550. The summed E-state index contributed by atoms with van der Waals surface area (Å²) in [6.07, 6.45) is 3.86. The molecule has 5 heteroatoms. The van der Waals surface area contributed by atoms with E-state index in [2.05, 4.69) is 35.2 Å². The first-order chi connectivity index (χ1) is 11.9. The van der Waals surface area contributed by atoms with Crippen LogP contribution in [0.15, 0.2) is 30.3 Å². The van der Waals surface area contributed by atoms with Gasteiger partial charge in [0.2, 0.25) is 0 Å². The van der Waals surface area contributed by atoms with Gasteiger partial charge in [0, 0.05) is 39.8 Å². The molecule has 1 heterocycles. The van der Waals surface area contributed by atoms with Crippen molar-refractivity contribution in [3.8, 4) is 0 Å². The zero-order valence-corrected chi connectivity index (χ0v) is 15.8. The first kappa shape index (κ1) is 19.5. The van der Waals surface area contributed by atoms with E-state index in [0.29, 0.717) is 19.7 Å². The maximum absolute atomic E-state index is 12.1. The summed E-state index contributed by atoms with van der Waals surface area (Å²) in [6.45, 7) is 10.4. The fourth-order valence-electron chi connectivity index (χ4n) is 2.69.